The molecule has 0 aliphatic rings. The number of carbonyl (C=O) groups is 1. The van der Waals surface area contributed by atoms with E-state index in [4.69, 9.17) is 11.5 Å². The number of nitrogens with two attached hydrogens (primary N) is 2. The van der Waals surface area contributed by atoms with Crippen LogP contribution in [0, 0.1) is 12.7 Å². The third-order valence-electron chi connectivity index (χ3n) is 4.58. The number of aromatic nitrogens is 2. The minimum atomic E-state index is -0.309. The molecule has 1 aromatic heterocycles. The molecule has 0 atom stereocenters. The number of carbonyl (C=O) groups excluding carboxylic acids is 1. The van der Waals surface area contributed by atoms with Crippen molar-refractivity contribution < 1.29 is 9.18 Å². The smallest absolute Gasteiger partial charge is 0.257 e. The van der Waals surface area contributed by atoms with Crippen molar-refractivity contribution in [1.82, 2.24) is 15.1 Å². The lowest BCUT2D eigenvalue weighted by Crippen LogP contribution is -2.24. The van der Waals surface area contributed by atoms with Gasteiger partial charge in [0.1, 0.15) is 23.0 Å². The van der Waals surface area contributed by atoms with Crippen molar-refractivity contribution in [2.24, 2.45) is 10.7 Å². The molecule has 3 rings (SSSR count). The quantitative estimate of drug-likeness (QED) is 0.440. The number of nitrogens with one attached hydrogen (secondary N) is 1. The van der Waals surface area contributed by atoms with Crippen molar-refractivity contribution in [2.45, 2.75) is 20.0 Å². The maximum absolute atomic E-state index is 13.1. The summed E-state index contributed by atoms with van der Waals surface area (Å²) in [7, 11) is 1.63. The topological polar surface area (TPSA) is 111 Å². The first-order valence-electron chi connectivity index (χ1n) is 9.06. The lowest BCUT2D eigenvalue weighted by molar-refractivity contribution is 0.0951. The summed E-state index contributed by atoms with van der Waals surface area (Å²) in [6.45, 7) is 2.42. The molecule has 29 heavy (non-hydrogen) atoms. The highest BCUT2D eigenvalue weighted by Gasteiger charge is 2.19. The molecule has 1 amide bonds. The molecule has 3 aromatic rings. The van der Waals surface area contributed by atoms with Gasteiger partial charge in [0, 0.05) is 19.2 Å². The summed E-state index contributed by atoms with van der Waals surface area (Å²) >= 11 is 0. The van der Waals surface area contributed by atoms with E-state index >= 15 is 0 Å². The van der Waals surface area contributed by atoms with Gasteiger partial charge in [-0.1, -0.05) is 36.4 Å². The van der Waals surface area contributed by atoms with Gasteiger partial charge < -0.3 is 16.8 Å². The second kappa shape index (κ2) is 8.55. The minimum Gasteiger partial charge on any atom is -0.384 e. The van der Waals surface area contributed by atoms with E-state index in [0.29, 0.717) is 30.2 Å². The number of halogens is 1. The van der Waals surface area contributed by atoms with Gasteiger partial charge in [0.15, 0.2) is 0 Å². The van der Waals surface area contributed by atoms with E-state index in [1.54, 1.807) is 30.8 Å². The molecule has 1 heterocycles. The standard InChI is InChI=1S/C21H23FN6O/c1-13-18(20(24)28(27-13)12-15-5-9-17(22)10-6-15)21(29)26-11-14-3-7-16(8-4-14)19(23)25-2/h3-10H,11-12,24H2,1-2H3,(H2,23,25)(H,26,29). The summed E-state index contributed by atoms with van der Waals surface area (Å²) in [4.78, 5) is 16.6. The fraction of sp³-hybridized carbons (Fsp3) is 0.190. The fourth-order valence-electron chi connectivity index (χ4n) is 2.96. The zero-order valence-corrected chi connectivity index (χ0v) is 16.3. The second-order valence-electron chi connectivity index (χ2n) is 6.62. The van der Waals surface area contributed by atoms with Crippen LogP contribution in [0.25, 0.3) is 0 Å². The number of nitrogens with zero attached hydrogens (tertiary/aromatic N) is 3. The minimum absolute atomic E-state index is 0.270. The van der Waals surface area contributed by atoms with Gasteiger partial charge in [-0.25, -0.2) is 9.07 Å². The summed E-state index contributed by atoms with van der Waals surface area (Å²) in [6, 6.07) is 13.5. The first-order valence-corrected chi connectivity index (χ1v) is 9.06. The number of anilines is 1. The van der Waals surface area contributed by atoms with E-state index in [2.05, 4.69) is 15.4 Å². The Hall–Kier alpha value is -3.68. The average molecular weight is 394 g/mol. The second-order valence-corrected chi connectivity index (χ2v) is 6.62. The van der Waals surface area contributed by atoms with E-state index in [9.17, 15) is 9.18 Å². The summed E-state index contributed by atoms with van der Waals surface area (Å²) in [5.74, 6) is 0.115. The van der Waals surface area contributed by atoms with Crippen LogP contribution >= 0.6 is 0 Å². The average Bonchev–Trinajstić information content (AvgIpc) is 3.00. The van der Waals surface area contributed by atoms with Gasteiger partial charge in [-0.3, -0.25) is 9.79 Å². The number of rotatable bonds is 6. The summed E-state index contributed by atoms with van der Waals surface area (Å²) < 4.78 is 14.6. The van der Waals surface area contributed by atoms with Crippen LogP contribution in [0.3, 0.4) is 0 Å². The Morgan fingerprint density at radius 3 is 2.38 bits per heavy atom. The number of hydrogen-bond acceptors (Lipinski definition) is 4. The van der Waals surface area contributed by atoms with E-state index in [1.165, 1.54) is 12.1 Å². The van der Waals surface area contributed by atoms with Crippen molar-refractivity contribution in [1.29, 1.82) is 0 Å². The van der Waals surface area contributed by atoms with Crippen LogP contribution in [-0.4, -0.2) is 28.6 Å². The third-order valence-corrected chi connectivity index (χ3v) is 4.58. The first kappa shape index (κ1) is 20.1. The first-order chi connectivity index (χ1) is 13.9. The zero-order chi connectivity index (χ0) is 21.0. The van der Waals surface area contributed by atoms with E-state index in [0.717, 1.165) is 16.7 Å². The van der Waals surface area contributed by atoms with Gasteiger partial charge in [-0.05, 0) is 30.2 Å². The number of amidine groups is 1. The van der Waals surface area contributed by atoms with Crippen molar-refractivity contribution >= 4 is 17.6 Å². The van der Waals surface area contributed by atoms with Gasteiger partial charge >= 0.3 is 0 Å². The molecule has 0 saturated carbocycles. The third kappa shape index (κ3) is 4.60. The number of aryl methyl sites for hydroxylation is 1. The summed E-state index contributed by atoms with van der Waals surface area (Å²) in [5, 5.41) is 7.22. The number of hydrogen-bond donors (Lipinski definition) is 3. The highest BCUT2D eigenvalue weighted by Crippen LogP contribution is 2.18. The maximum atomic E-state index is 13.1. The van der Waals surface area contributed by atoms with Gasteiger partial charge in [0.2, 0.25) is 0 Å². The van der Waals surface area contributed by atoms with Crippen LogP contribution in [0.4, 0.5) is 10.2 Å². The van der Waals surface area contributed by atoms with Crippen LogP contribution < -0.4 is 16.8 Å². The van der Waals surface area contributed by atoms with Gasteiger partial charge in [0.05, 0.1) is 12.2 Å². The molecule has 2 aromatic carbocycles. The molecule has 0 aliphatic carbocycles. The number of nitrogen functional groups attached to an aromatic ring is 1. The SMILES string of the molecule is CN=C(N)c1ccc(CNC(=O)c2c(C)nn(Cc3ccc(F)cc3)c2N)cc1. The van der Waals surface area contributed by atoms with Crippen LogP contribution in [0.2, 0.25) is 0 Å². The van der Waals surface area contributed by atoms with Crippen LogP contribution in [0.1, 0.15) is 32.7 Å². The van der Waals surface area contributed by atoms with Crippen molar-refractivity contribution in [3.8, 4) is 0 Å². The molecule has 0 spiro atoms. The lowest BCUT2D eigenvalue weighted by atomic mass is 10.1. The van der Waals surface area contributed by atoms with Crippen LogP contribution in [0.5, 0.6) is 0 Å². The van der Waals surface area contributed by atoms with E-state index < -0.39 is 0 Å². The Morgan fingerprint density at radius 2 is 1.76 bits per heavy atom. The Balaban J connectivity index is 1.69. The molecular weight excluding hydrogens is 371 g/mol. The molecule has 0 bridgehead atoms. The molecule has 7 nitrogen and oxygen atoms in total. The monoisotopic (exact) mass is 394 g/mol. The Bertz CT molecular complexity index is 1040. The van der Waals surface area contributed by atoms with Crippen LogP contribution in [-0.2, 0) is 13.1 Å². The Morgan fingerprint density at radius 1 is 1.14 bits per heavy atom. The molecule has 0 aliphatic heterocycles. The zero-order valence-electron chi connectivity index (χ0n) is 16.3. The van der Waals surface area contributed by atoms with Crippen molar-refractivity contribution in [2.75, 3.05) is 12.8 Å². The normalized spacial score (nSPS) is 11.5. The lowest BCUT2D eigenvalue weighted by Gasteiger charge is -2.08. The summed E-state index contributed by atoms with van der Waals surface area (Å²) in [5.41, 5.74) is 15.4. The number of amides is 1. The molecule has 150 valence electrons. The summed E-state index contributed by atoms with van der Waals surface area (Å²) in [6.07, 6.45) is 0. The Labute approximate surface area is 168 Å². The number of aliphatic imine (C=N–C) groups is 1. The van der Waals surface area contributed by atoms with Gasteiger partial charge in [0.25, 0.3) is 5.91 Å². The van der Waals surface area contributed by atoms with Crippen molar-refractivity contribution in [3.05, 3.63) is 82.3 Å². The van der Waals surface area contributed by atoms with Gasteiger partial charge in [-0.2, -0.15) is 5.10 Å². The molecule has 0 radical (unpaired) electrons. The molecule has 5 N–H and O–H groups in total. The predicted octanol–water partition coefficient (Wildman–Crippen LogP) is 2.23. The predicted molar refractivity (Wildman–Crippen MR) is 111 cm³/mol. The maximum Gasteiger partial charge on any atom is 0.257 e. The van der Waals surface area contributed by atoms with Crippen molar-refractivity contribution in [3.63, 3.8) is 0 Å². The molecular formula is C21H23FN6O. The molecule has 8 heteroatoms. The highest BCUT2D eigenvalue weighted by molar-refractivity contribution is 5.99. The Kier molecular flexibility index (Phi) is 5.92. The molecule has 0 saturated heterocycles. The number of benzene rings is 2. The van der Waals surface area contributed by atoms with Crippen LogP contribution in [0.15, 0.2) is 53.5 Å². The van der Waals surface area contributed by atoms with E-state index in [1.807, 2.05) is 24.3 Å². The van der Waals surface area contributed by atoms with E-state index in [-0.39, 0.29) is 17.5 Å². The van der Waals surface area contributed by atoms with Gasteiger partial charge in [-0.15, -0.1) is 0 Å². The molecule has 0 fully saturated rings. The molecule has 0 unspecified atom stereocenters. The fourth-order valence-corrected chi connectivity index (χ4v) is 2.96. The largest absolute Gasteiger partial charge is 0.384 e. The highest BCUT2D eigenvalue weighted by atomic mass is 19.1.